The first-order valence-corrected chi connectivity index (χ1v) is 4.04. The number of nitrogens with one attached hydrogen (secondary N) is 2. The van der Waals surface area contributed by atoms with Gasteiger partial charge in [-0.3, -0.25) is 14.3 Å². The average Bonchev–Trinajstić information content (AvgIpc) is 2.14. The summed E-state index contributed by atoms with van der Waals surface area (Å²) >= 11 is 0. The third-order valence-corrected chi connectivity index (χ3v) is 1.80. The van der Waals surface area contributed by atoms with Gasteiger partial charge in [0.05, 0.1) is 6.54 Å². The van der Waals surface area contributed by atoms with E-state index in [-0.39, 0.29) is 11.5 Å². The lowest BCUT2D eigenvalue weighted by Gasteiger charge is -2.09. The van der Waals surface area contributed by atoms with Crippen LogP contribution in [0.2, 0.25) is 0 Å². The van der Waals surface area contributed by atoms with Crippen molar-refractivity contribution < 1.29 is 8.78 Å². The molecule has 1 heterocycles. The third-order valence-electron chi connectivity index (χ3n) is 1.80. The number of alkyl halides is 2. The lowest BCUT2D eigenvalue weighted by Crippen LogP contribution is -2.33. The minimum Gasteiger partial charge on any atom is -0.383 e. The second-order valence-corrected chi connectivity index (χ2v) is 2.85. The van der Waals surface area contributed by atoms with Crippen LogP contribution in [0, 0.1) is 0 Å². The molecule has 0 radical (unpaired) electrons. The number of hydrogen-bond acceptors (Lipinski definition) is 4. The van der Waals surface area contributed by atoms with Gasteiger partial charge in [0.15, 0.2) is 0 Å². The zero-order valence-corrected chi connectivity index (χ0v) is 7.88. The number of nitrogens with two attached hydrogens (primary N) is 1. The Morgan fingerprint density at radius 3 is 2.67 bits per heavy atom. The van der Waals surface area contributed by atoms with E-state index in [1.807, 2.05) is 4.98 Å². The maximum Gasteiger partial charge on any atom is 0.329 e. The van der Waals surface area contributed by atoms with E-state index in [2.05, 4.69) is 5.32 Å². The molecular formula is C7H10F2N4O2. The van der Waals surface area contributed by atoms with Crippen LogP contribution in [-0.4, -0.2) is 22.5 Å². The van der Waals surface area contributed by atoms with E-state index in [0.717, 1.165) is 4.57 Å². The Morgan fingerprint density at radius 2 is 2.13 bits per heavy atom. The molecule has 0 bridgehead atoms. The van der Waals surface area contributed by atoms with Gasteiger partial charge in [-0.05, 0) is 0 Å². The molecule has 15 heavy (non-hydrogen) atoms. The molecule has 0 unspecified atom stereocenters. The number of hydrogen-bond donors (Lipinski definition) is 3. The largest absolute Gasteiger partial charge is 0.383 e. The van der Waals surface area contributed by atoms with Gasteiger partial charge in [-0.25, -0.2) is 13.6 Å². The number of aromatic amines is 1. The summed E-state index contributed by atoms with van der Waals surface area (Å²) in [6.45, 7) is -0.703. The highest BCUT2D eigenvalue weighted by atomic mass is 19.3. The van der Waals surface area contributed by atoms with Gasteiger partial charge in [-0.2, -0.15) is 0 Å². The summed E-state index contributed by atoms with van der Waals surface area (Å²) < 4.78 is 24.7. The van der Waals surface area contributed by atoms with E-state index in [1.165, 1.54) is 7.05 Å². The Labute approximate surface area is 82.7 Å². The molecule has 0 saturated carbocycles. The van der Waals surface area contributed by atoms with Crippen LogP contribution >= 0.6 is 0 Å². The Kier molecular flexibility index (Phi) is 3.08. The van der Waals surface area contributed by atoms with Crippen LogP contribution in [0.25, 0.3) is 0 Å². The van der Waals surface area contributed by atoms with Crippen LogP contribution in [0.5, 0.6) is 0 Å². The topological polar surface area (TPSA) is 92.9 Å². The number of halogens is 2. The fourth-order valence-electron chi connectivity index (χ4n) is 0.987. The fourth-order valence-corrected chi connectivity index (χ4v) is 0.987. The van der Waals surface area contributed by atoms with Crippen LogP contribution in [0.1, 0.15) is 0 Å². The van der Waals surface area contributed by atoms with E-state index < -0.39 is 24.2 Å². The van der Waals surface area contributed by atoms with Gasteiger partial charge in [0.25, 0.3) is 12.0 Å². The fraction of sp³-hybridized carbons (Fsp3) is 0.429. The minimum absolute atomic E-state index is 0.176. The first kappa shape index (κ1) is 11.2. The lowest BCUT2D eigenvalue weighted by atomic mass is 10.4. The number of rotatable bonds is 3. The molecule has 8 heteroatoms. The molecule has 84 valence electrons. The summed E-state index contributed by atoms with van der Waals surface area (Å²) in [5.41, 5.74) is 3.68. The van der Waals surface area contributed by atoms with Crippen LogP contribution in [0.15, 0.2) is 9.59 Å². The first-order chi connectivity index (χ1) is 6.93. The van der Waals surface area contributed by atoms with Gasteiger partial charge in [0.2, 0.25) is 0 Å². The Morgan fingerprint density at radius 1 is 1.53 bits per heavy atom. The molecule has 1 rings (SSSR count). The predicted octanol–water partition coefficient (Wildman–Crippen LogP) is -0.667. The van der Waals surface area contributed by atoms with Crippen LogP contribution in [-0.2, 0) is 7.05 Å². The van der Waals surface area contributed by atoms with Crippen LogP contribution < -0.4 is 22.3 Å². The minimum atomic E-state index is -2.61. The number of nitrogen functional groups attached to an aromatic ring is 1. The van der Waals surface area contributed by atoms with Crippen molar-refractivity contribution in [2.45, 2.75) is 6.43 Å². The van der Waals surface area contributed by atoms with Gasteiger partial charge in [-0.1, -0.05) is 0 Å². The summed E-state index contributed by atoms with van der Waals surface area (Å²) in [6, 6.07) is 0. The highest BCUT2D eigenvalue weighted by Crippen LogP contribution is 2.08. The summed E-state index contributed by atoms with van der Waals surface area (Å²) in [5.74, 6) is -0.176. The summed E-state index contributed by atoms with van der Waals surface area (Å²) in [5, 5.41) is 2.17. The second-order valence-electron chi connectivity index (χ2n) is 2.85. The van der Waals surface area contributed by atoms with Crippen molar-refractivity contribution >= 4 is 11.5 Å². The Balaban J connectivity index is 3.13. The van der Waals surface area contributed by atoms with Gasteiger partial charge < -0.3 is 11.1 Å². The molecule has 0 saturated heterocycles. The van der Waals surface area contributed by atoms with E-state index in [0.29, 0.717) is 0 Å². The quantitative estimate of drug-likeness (QED) is 0.630. The van der Waals surface area contributed by atoms with E-state index in [4.69, 9.17) is 5.73 Å². The summed E-state index contributed by atoms with van der Waals surface area (Å²) in [4.78, 5) is 24.1. The number of nitrogens with zero attached hydrogens (tertiary/aromatic N) is 1. The van der Waals surface area contributed by atoms with E-state index in [9.17, 15) is 18.4 Å². The molecule has 0 spiro atoms. The lowest BCUT2D eigenvalue weighted by molar-refractivity contribution is 0.163. The van der Waals surface area contributed by atoms with Crippen molar-refractivity contribution in [2.75, 3.05) is 17.6 Å². The first-order valence-electron chi connectivity index (χ1n) is 4.04. The maximum atomic E-state index is 11.9. The van der Waals surface area contributed by atoms with E-state index in [1.54, 1.807) is 0 Å². The molecule has 1 aromatic rings. The van der Waals surface area contributed by atoms with Crippen molar-refractivity contribution in [1.82, 2.24) is 9.55 Å². The standard InChI is InChI=1S/C7H10F2N4O2/c1-13-5(10)4(11-2-3(8)9)6(14)12-7(13)15/h3,11H,2,10H2,1H3,(H,12,14,15). The van der Waals surface area contributed by atoms with Gasteiger partial charge in [-0.15, -0.1) is 0 Å². The van der Waals surface area contributed by atoms with Crippen molar-refractivity contribution in [3.8, 4) is 0 Å². The second kappa shape index (κ2) is 4.11. The van der Waals surface area contributed by atoms with Crippen molar-refractivity contribution in [3.63, 3.8) is 0 Å². The predicted molar refractivity (Wildman–Crippen MR) is 51.2 cm³/mol. The summed E-state index contributed by atoms with van der Waals surface area (Å²) in [6.07, 6.45) is -2.61. The molecule has 0 aromatic carbocycles. The summed E-state index contributed by atoms with van der Waals surface area (Å²) in [7, 11) is 1.32. The van der Waals surface area contributed by atoms with Gasteiger partial charge in [0, 0.05) is 7.05 Å². The van der Waals surface area contributed by atoms with Crippen LogP contribution in [0.4, 0.5) is 20.3 Å². The molecule has 1 aromatic heterocycles. The van der Waals surface area contributed by atoms with Crippen molar-refractivity contribution in [2.24, 2.45) is 7.05 Å². The highest BCUT2D eigenvalue weighted by Gasteiger charge is 2.11. The molecule has 0 atom stereocenters. The normalized spacial score (nSPS) is 10.7. The Hall–Kier alpha value is -1.86. The smallest absolute Gasteiger partial charge is 0.329 e. The molecule has 0 aliphatic carbocycles. The zero-order valence-electron chi connectivity index (χ0n) is 7.88. The Bertz CT molecular complexity index is 465. The molecule has 0 fully saturated rings. The van der Waals surface area contributed by atoms with Crippen LogP contribution in [0.3, 0.4) is 0 Å². The molecule has 4 N–H and O–H groups in total. The maximum absolute atomic E-state index is 11.9. The van der Waals surface area contributed by atoms with Gasteiger partial charge >= 0.3 is 5.69 Å². The third kappa shape index (κ3) is 2.33. The molecule has 0 amide bonds. The zero-order chi connectivity index (χ0) is 11.6. The molecular weight excluding hydrogens is 210 g/mol. The molecule has 6 nitrogen and oxygen atoms in total. The number of anilines is 2. The average molecular weight is 220 g/mol. The van der Waals surface area contributed by atoms with E-state index >= 15 is 0 Å². The number of H-pyrrole nitrogens is 1. The highest BCUT2D eigenvalue weighted by molar-refractivity contribution is 5.60. The van der Waals surface area contributed by atoms with Gasteiger partial charge in [0.1, 0.15) is 11.5 Å². The SMILES string of the molecule is Cn1c(N)c(NCC(F)F)c(=O)[nH]c1=O. The number of aromatic nitrogens is 2. The monoisotopic (exact) mass is 220 g/mol. The molecule has 0 aliphatic rings. The van der Waals surface area contributed by atoms with Crippen molar-refractivity contribution in [1.29, 1.82) is 0 Å². The molecule has 0 aliphatic heterocycles. The van der Waals surface area contributed by atoms with Crippen molar-refractivity contribution in [3.05, 3.63) is 20.8 Å².